The summed E-state index contributed by atoms with van der Waals surface area (Å²) in [5.74, 6) is 2.18. The lowest BCUT2D eigenvalue weighted by atomic mass is 9.93. The average Bonchev–Trinajstić information content (AvgIpc) is 1.62. The molecule has 0 unspecified atom stereocenters. The molecule has 20 aromatic carbocycles. The first-order valence-electron chi connectivity index (χ1n) is 47.4. The molecule has 0 atom stereocenters. The molecule has 0 fully saturated rings. The Bertz CT molecular complexity index is 8830. The maximum absolute atomic E-state index is 5.50. The Kier molecular flexibility index (Phi) is 23.7. The molecule has 0 bridgehead atoms. The number of hydrogen-bond acceptors (Lipinski definition) is 9. The molecule has 6 heterocycles. The molecule has 0 N–H and O–H groups in total. The molecule has 0 amide bonds. The van der Waals surface area contributed by atoms with Crippen LogP contribution < -0.4 is 0 Å². The van der Waals surface area contributed by atoms with Gasteiger partial charge in [-0.2, -0.15) is 0 Å². The van der Waals surface area contributed by atoms with E-state index in [1.54, 1.807) is 34.0 Å². The van der Waals surface area contributed by atoms with Crippen molar-refractivity contribution < 1.29 is 0 Å². The van der Waals surface area contributed by atoms with Crippen LogP contribution in [-0.2, 0) is 0 Å². The third kappa shape index (κ3) is 18.0. The third-order valence-corrected chi connectivity index (χ3v) is 29.2. The molecule has 0 aliphatic carbocycles. The summed E-state index contributed by atoms with van der Waals surface area (Å²) in [4.78, 5) is 35.0. The van der Waals surface area contributed by atoms with E-state index in [4.69, 9.17) is 29.9 Å². The normalized spacial score (nSPS) is 11.3. The van der Waals surface area contributed by atoms with Crippen LogP contribution in [0.25, 0.3) is 251 Å². The van der Waals surface area contributed by atoms with E-state index in [0.29, 0.717) is 0 Å². The highest BCUT2D eigenvalue weighted by atomic mass is 32.1. The van der Waals surface area contributed by atoms with Crippen LogP contribution in [0.5, 0.6) is 0 Å². The van der Waals surface area contributed by atoms with E-state index in [-0.39, 0.29) is 0 Å². The van der Waals surface area contributed by atoms with Gasteiger partial charge >= 0.3 is 0 Å². The second kappa shape index (κ2) is 38.8. The van der Waals surface area contributed by atoms with Gasteiger partial charge in [-0.15, -0.1) is 34.0 Å². The van der Waals surface area contributed by atoms with E-state index >= 15 is 0 Å². The van der Waals surface area contributed by atoms with Crippen LogP contribution in [0.1, 0.15) is 0 Å². The highest BCUT2D eigenvalue weighted by Gasteiger charge is 2.25. The number of nitrogens with zero attached hydrogens (tertiary/aromatic N) is 6. The van der Waals surface area contributed by atoms with E-state index in [0.717, 1.165) is 176 Å². The molecule has 26 aromatic rings. The van der Waals surface area contributed by atoms with Crippen LogP contribution in [0, 0.1) is 0 Å². The van der Waals surface area contributed by atoms with Crippen LogP contribution in [-0.4, -0.2) is 29.9 Å². The Balaban J connectivity index is 0.000000115. The van der Waals surface area contributed by atoms with Crippen molar-refractivity contribution in [3.05, 3.63) is 522 Å². The molecule has 662 valence electrons. The van der Waals surface area contributed by atoms with Gasteiger partial charge in [0.2, 0.25) is 0 Å². The Morgan fingerprint density at radius 2 is 0.277 bits per heavy atom. The van der Waals surface area contributed by atoms with E-state index in [1.807, 2.05) is 6.07 Å². The zero-order valence-electron chi connectivity index (χ0n) is 76.6. The fourth-order valence-electron chi connectivity index (χ4n) is 19.1. The van der Waals surface area contributed by atoms with Gasteiger partial charge in [0.15, 0.2) is 17.5 Å². The molecule has 9 heteroatoms. The number of thiophene rings is 3. The zero-order chi connectivity index (χ0) is 93.7. The van der Waals surface area contributed by atoms with Crippen LogP contribution >= 0.6 is 34.0 Å². The van der Waals surface area contributed by atoms with Gasteiger partial charge in [-0.05, 0) is 232 Å². The molecule has 0 spiro atoms. The molecule has 0 aliphatic rings. The van der Waals surface area contributed by atoms with Crippen LogP contribution in [0.15, 0.2) is 522 Å². The Morgan fingerprint density at radius 1 is 0.113 bits per heavy atom. The first kappa shape index (κ1) is 86.2. The zero-order valence-corrected chi connectivity index (χ0v) is 79.0. The number of rotatable bonds is 17. The molecule has 0 saturated heterocycles. The van der Waals surface area contributed by atoms with Crippen molar-refractivity contribution in [1.29, 1.82) is 0 Å². The van der Waals surface area contributed by atoms with Gasteiger partial charge in [0.1, 0.15) is 14.5 Å². The van der Waals surface area contributed by atoms with Crippen molar-refractivity contribution in [2.45, 2.75) is 0 Å². The molecule has 0 radical (unpaired) electrons. The highest BCUT2D eigenvalue weighted by Crippen LogP contribution is 2.48. The number of hydrogen-bond donors (Lipinski definition) is 0. The molecule has 6 nitrogen and oxygen atoms in total. The van der Waals surface area contributed by atoms with Gasteiger partial charge in [0, 0.05) is 79.8 Å². The third-order valence-electron chi connectivity index (χ3n) is 26.0. The fraction of sp³-hybridized carbons (Fsp3) is 0. The largest absolute Gasteiger partial charge is 0.227 e. The number of benzene rings is 20. The summed E-state index contributed by atoms with van der Waals surface area (Å²) in [6.45, 7) is 0. The monoisotopic (exact) mass is 1850 g/mol. The van der Waals surface area contributed by atoms with Crippen LogP contribution in [0.3, 0.4) is 0 Å². The second-order valence-corrected chi connectivity index (χ2v) is 38.2. The molecule has 26 rings (SSSR count). The van der Waals surface area contributed by atoms with E-state index in [2.05, 4.69) is 516 Å². The molecular formula is C132H86N6S3. The summed E-state index contributed by atoms with van der Waals surface area (Å²) in [5, 5.41) is 6.85. The Morgan fingerprint density at radius 3 is 0.539 bits per heavy atom. The van der Waals surface area contributed by atoms with E-state index in [9.17, 15) is 0 Å². The van der Waals surface area contributed by atoms with E-state index < -0.39 is 0 Å². The lowest BCUT2D eigenvalue weighted by molar-refractivity contribution is 1.24. The van der Waals surface area contributed by atoms with Crippen molar-refractivity contribution in [2.75, 3.05) is 0 Å². The maximum Gasteiger partial charge on any atom is 0.161 e. The van der Waals surface area contributed by atoms with Gasteiger partial charge in [0.05, 0.1) is 17.1 Å². The molecule has 0 aliphatic heterocycles. The Labute approximate surface area is 830 Å². The predicted octanol–water partition coefficient (Wildman–Crippen LogP) is 36.9. The van der Waals surface area contributed by atoms with Gasteiger partial charge < -0.3 is 0 Å². The summed E-state index contributed by atoms with van der Waals surface area (Å²) in [6.07, 6.45) is 0. The number of aromatic nitrogens is 6. The van der Waals surface area contributed by atoms with Gasteiger partial charge in [-0.25, -0.2) is 29.9 Å². The summed E-state index contributed by atoms with van der Waals surface area (Å²) in [6, 6.07) is 185. The molecule has 0 saturated carbocycles. The SMILES string of the molecule is c1ccc(-c2cc(-c3ccccc3)cc(-c3nc(-c4cc(-c5ccccc5)cc(-c5ccccc5)c4)c4c(n3)sc3ccccc34)c2)cc1.c1ccc(-c2cccc(-c3cccc(-c4nc(-c5cc(-c6ccccc6)cc(-c6ccccc6)c5)nc5sc6ccccc6c45)c3)c2)cc1.c1ccc(-c2cccc(-c3nc(-c4cc(-c5ccccc5)cc(-c5ccccc5)c4)c4c(n3)sc3ccccc34)c2)cc1. The summed E-state index contributed by atoms with van der Waals surface area (Å²) < 4.78 is 3.63. The standard InChI is InChI=1S/2C46H30N2S.C40H26N2S/c1-5-15-31(16-6-1)35-25-36(32-17-7-2-8-18-32)28-39(27-35)44-43-41-23-13-14-24-42(41)49-46(43)48-45(47-44)40-29-37(33-19-9-3-10-20-33)26-38(30-40)34-21-11-4-12-22-34;1-4-14-31(15-5-1)34-20-12-21-35(26-34)36-22-13-23-37(27-36)44-43-41-24-10-11-25-42(41)49-46(43)48-45(47-44)40-29-38(32-16-6-2-7-17-32)28-39(30-40)33-18-8-3-9-19-33;1-4-13-27(14-5-1)30-19-12-20-31(23-30)39-41-38(37-35-21-10-11-22-36(35)43-40(37)42-39)34-25-32(28-15-6-2-7-16-28)24-33(26-34)29-17-8-3-9-18-29/h2*1-30H;1-26H. The number of fused-ring (bicyclic) bond motifs is 9. The van der Waals surface area contributed by atoms with Crippen molar-refractivity contribution in [1.82, 2.24) is 29.9 Å². The maximum atomic E-state index is 5.50. The lowest BCUT2D eigenvalue weighted by Gasteiger charge is -2.14. The van der Waals surface area contributed by atoms with Crippen molar-refractivity contribution >= 4 is 94.9 Å². The van der Waals surface area contributed by atoms with E-state index in [1.165, 1.54) is 74.8 Å². The summed E-state index contributed by atoms with van der Waals surface area (Å²) in [5.41, 5.74) is 34.6. The van der Waals surface area contributed by atoms with Gasteiger partial charge in [-0.1, -0.05) is 413 Å². The predicted molar refractivity (Wildman–Crippen MR) is 597 cm³/mol. The minimum Gasteiger partial charge on any atom is -0.227 e. The minimum absolute atomic E-state index is 0.718. The smallest absolute Gasteiger partial charge is 0.161 e. The summed E-state index contributed by atoms with van der Waals surface area (Å²) >= 11 is 5.19. The first-order valence-corrected chi connectivity index (χ1v) is 49.8. The van der Waals surface area contributed by atoms with Crippen LogP contribution in [0.4, 0.5) is 0 Å². The molecular weight excluding hydrogens is 1770 g/mol. The lowest BCUT2D eigenvalue weighted by Crippen LogP contribution is -1.96. The van der Waals surface area contributed by atoms with Crippen molar-refractivity contribution in [3.63, 3.8) is 0 Å². The van der Waals surface area contributed by atoms with Gasteiger partial charge in [0.25, 0.3) is 0 Å². The first-order chi connectivity index (χ1) is 69.8. The second-order valence-electron chi connectivity index (χ2n) is 35.1. The van der Waals surface area contributed by atoms with Crippen LogP contribution in [0.2, 0.25) is 0 Å². The minimum atomic E-state index is 0.718. The van der Waals surface area contributed by atoms with Crippen molar-refractivity contribution in [2.24, 2.45) is 0 Å². The topological polar surface area (TPSA) is 77.3 Å². The van der Waals surface area contributed by atoms with Crippen molar-refractivity contribution in [3.8, 4) is 190 Å². The Hall–Kier alpha value is -17.7. The fourth-order valence-corrected chi connectivity index (χ4v) is 22.4. The molecule has 141 heavy (non-hydrogen) atoms. The van der Waals surface area contributed by atoms with Gasteiger partial charge in [-0.3, -0.25) is 0 Å². The quantitative estimate of drug-likeness (QED) is 0.0904. The highest BCUT2D eigenvalue weighted by molar-refractivity contribution is 7.26. The molecule has 6 aromatic heterocycles. The summed E-state index contributed by atoms with van der Waals surface area (Å²) in [7, 11) is 0. The average molecular weight is 1850 g/mol.